The molecule has 0 unspecified atom stereocenters. The lowest BCUT2D eigenvalue weighted by molar-refractivity contribution is 0.0491. The van der Waals surface area contributed by atoms with Crippen molar-refractivity contribution in [2.75, 3.05) is 32.7 Å². The number of nitrogens with two attached hydrogens (primary N) is 1. The topological polar surface area (TPSA) is 32.5 Å². The second-order valence-corrected chi connectivity index (χ2v) is 6.02. The van der Waals surface area contributed by atoms with Gasteiger partial charge >= 0.3 is 0 Å². The van der Waals surface area contributed by atoms with Gasteiger partial charge in [-0.25, -0.2) is 0 Å². The molecular formula is C16H25N3. The zero-order valence-corrected chi connectivity index (χ0v) is 11.7. The molecule has 0 spiro atoms. The van der Waals surface area contributed by atoms with E-state index in [-0.39, 0.29) is 0 Å². The van der Waals surface area contributed by atoms with Crippen LogP contribution in [0.4, 0.5) is 0 Å². The van der Waals surface area contributed by atoms with E-state index < -0.39 is 0 Å². The molecule has 0 radical (unpaired) electrons. The van der Waals surface area contributed by atoms with Gasteiger partial charge in [0.05, 0.1) is 0 Å². The summed E-state index contributed by atoms with van der Waals surface area (Å²) in [6.45, 7) is 5.95. The van der Waals surface area contributed by atoms with Crippen molar-refractivity contribution >= 4 is 0 Å². The molecule has 0 amide bonds. The number of piperidine rings is 1. The third-order valence-electron chi connectivity index (χ3n) is 4.57. The highest BCUT2D eigenvalue weighted by Crippen LogP contribution is 2.21. The van der Waals surface area contributed by atoms with Gasteiger partial charge in [0.15, 0.2) is 0 Å². The van der Waals surface area contributed by atoms with Gasteiger partial charge in [0.2, 0.25) is 0 Å². The van der Waals surface area contributed by atoms with E-state index in [1.165, 1.54) is 44.5 Å². The lowest BCUT2D eigenvalue weighted by Crippen LogP contribution is -2.61. The van der Waals surface area contributed by atoms with Crippen LogP contribution in [0.3, 0.4) is 0 Å². The van der Waals surface area contributed by atoms with Crippen LogP contribution in [-0.2, 0) is 6.42 Å². The maximum absolute atomic E-state index is 5.86. The number of hydrogen-bond acceptors (Lipinski definition) is 3. The first-order valence-electron chi connectivity index (χ1n) is 7.57. The molecule has 1 aromatic rings. The largest absolute Gasteiger partial charge is 0.325 e. The highest BCUT2D eigenvalue weighted by Gasteiger charge is 2.31. The maximum atomic E-state index is 5.86. The fourth-order valence-corrected chi connectivity index (χ4v) is 3.29. The molecule has 2 aliphatic rings. The van der Waals surface area contributed by atoms with E-state index in [1.54, 1.807) is 0 Å². The van der Waals surface area contributed by atoms with Gasteiger partial charge in [-0.05, 0) is 37.9 Å². The van der Waals surface area contributed by atoms with Gasteiger partial charge in [0.1, 0.15) is 0 Å². The first kappa shape index (κ1) is 13.1. The quantitative estimate of drug-likeness (QED) is 0.885. The number of nitrogens with zero attached hydrogens (tertiary/aromatic N) is 2. The minimum absolute atomic E-state index is 0.441. The summed E-state index contributed by atoms with van der Waals surface area (Å²) in [7, 11) is 0. The van der Waals surface area contributed by atoms with E-state index in [0.717, 1.165) is 19.1 Å². The molecule has 19 heavy (non-hydrogen) atoms. The van der Waals surface area contributed by atoms with Crippen molar-refractivity contribution in [3.63, 3.8) is 0 Å². The van der Waals surface area contributed by atoms with Gasteiger partial charge in [0, 0.05) is 31.7 Å². The monoisotopic (exact) mass is 259 g/mol. The fourth-order valence-electron chi connectivity index (χ4n) is 3.29. The molecule has 3 nitrogen and oxygen atoms in total. The summed E-state index contributed by atoms with van der Waals surface area (Å²) < 4.78 is 0. The molecular weight excluding hydrogens is 234 g/mol. The molecule has 0 atom stereocenters. The van der Waals surface area contributed by atoms with Crippen molar-refractivity contribution in [2.24, 2.45) is 5.73 Å². The lowest BCUT2D eigenvalue weighted by atomic mass is 9.97. The Balaban J connectivity index is 1.38. The summed E-state index contributed by atoms with van der Waals surface area (Å²) in [4.78, 5) is 5.18. The Morgan fingerprint density at radius 1 is 1.05 bits per heavy atom. The molecule has 104 valence electrons. The second kappa shape index (κ2) is 6.04. The molecule has 2 fully saturated rings. The van der Waals surface area contributed by atoms with Crippen LogP contribution in [-0.4, -0.2) is 54.6 Å². The first-order valence-corrected chi connectivity index (χ1v) is 7.57. The van der Waals surface area contributed by atoms with Crippen molar-refractivity contribution in [2.45, 2.75) is 31.3 Å². The van der Waals surface area contributed by atoms with Gasteiger partial charge in [0.25, 0.3) is 0 Å². The van der Waals surface area contributed by atoms with Crippen molar-refractivity contribution < 1.29 is 0 Å². The van der Waals surface area contributed by atoms with Crippen LogP contribution in [0.5, 0.6) is 0 Å². The third-order valence-corrected chi connectivity index (χ3v) is 4.57. The molecule has 1 aromatic carbocycles. The average molecular weight is 259 g/mol. The van der Waals surface area contributed by atoms with Crippen LogP contribution < -0.4 is 5.73 Å². The Bertz CT molecular complexity index is 378. The average Bonchev–Trinajstić information content (AvgIpc) is 2.44. The van der Waals surface area contributed by atoms with E-state index in [0.29, 0.717) is 6.04 Å². The van der Waals surface area contributed by atoms with E-state index in [2.05, 4.69) is 40.1 Å². The van der Waals surface area contributed by atoms with Gasteiger partial charge in [-0.2, -0.15) is 0 Å². The predicted molar refractivity (Wildman–Crippen MR) is 79.2 cm³/mol. The van der Waals surface area contributed by atoms with Crippen LogP contribution >= 0.6 is 0 Å². The molecule has 0 aliphatic carbocycles. The van der Waals surface area contributed by atoms with Crippen LogP contribution in [0.15, 0.2) is 30.3 Å². The van der Waals surface area contributed by atoms with Gasteiger partial charge in [-0.15, -0.1) is 0 Å². The smallest absolute Gasteiger partial charge is 0.0297 e. The zero-order valence-electron chi connectivity index (χ0n) is 11.7. The number of hydrogen-bond donors (Lipinski definition) is 1. The highest BCUT2D eigenvalue weighted by atomic mass is 15.3. The van der Waals surface area contributed by atoms with Crippen LogP contribution in [0.1, 0.15) is 18.4 Å². The summed E-state index contributed by atoms with van der Waals surface area (Å²) in [5, 5.41) is 0. The Labute approximate surface area is 116 Å². The van der Waals surface area contributed by atoms with E-state index in [4.69, 9.17) is 5.73 Å². The fraction of sp³-hybridized carbons (Fsp3) is 0.625. The number of likely N-dealkylation sites (tertiary alicyclic amines) is 2. The van der Waals surface area contributed by atoms with E-state index >= 15 is 0 Å². The lowest BCUT2D eigenvalue weighted by Gasteiger charge is -2.46. The summed E-state index contributed by atoms with van der Waals surface area (Å²) in [6, 6.07) is 12.1. The number of benzene rings is 1. The number of rotatable bonds is 4. The molecule has 0 saturated carbocycles. The molecule has 2 aliphatic heterocycles. The van der Waals surface area contributed by atoms with Gasteiger partial charge < -0.3 is 10.6 Å². The third kappa shape index (κ3) is 3.35. The molecule has 2 N–H and O–H groups in total. The maximum Gasteiger partial charge on any atom is 0.0297 e. The molecule has 2 saturated heterocycles. The van der Waals surface area contributed by atoms with Crippen LogP contribution in [0, 0.1) is 0 Å². The summed E-state index contributed by atoms with van der Waals surface area (Å²) in [5.41, 5.74) is 7.32. The van der Waals surface area contributed by atoms with Crippen molar-refractivity contribution in [3.8, 4) is 0 Å². The summed E-state index contributed by atoms with van der Waals surface area (Å²) >= 11 is 0. The minimum Gasteiger partial charge on any atom is -0.325 e. The Morgan fingerprint density at radius 2 is 1.74 bits per heavy atom. The summed E-state index contributed by atoms with van der Waals surface area (Å²) in [5.74, 6) is 0. The van der Waals surface area contributed by atoms with Crippen molar-refractivity contribution in [3.05, 3.63) is 35.9 Å². The van der Waals surface area contributed by atoms with E-state index in [9.17, 15) is 0 Å². The Kier molecular flexibility index (Phi) is 4.16. The molecule has 3 heteroatoms. The van der Waals surface area contributed by atoms with E-state index in [1.807, 2.05) is 0 Å². The standard InChI is InChI=1S/C16H25N3/c17-15-12-19(13-15)16-7-10-18(11-8-16)9-6-14-4-2-1-3-5-14/h1-5,15-16H,6-13,17H2. The summed E-state index contributed by atoms with van der Waals surface area (Å²) in [6.07, 6.45) is 3.82. The zero-order chi connectivity index (χ0) is 13.1. The van der Waals surface area contributed by atoms with Gasteiger partial charge in [-0.3, -0.25) is 4.90 Å². The Hall–Kier alpha value is -0.900. The predicted octanol–water partition coefficient (Wildman–Crippen LogP) is 1.34. The second-order valence-electron chi connectivity index (χ2n) is 6.02. The normalized spacial score (nSPS) is 23.4. The Morgan fingerprint density at radius 3 is 2.37 bits per heavy atom. The molecule has 2 heterocycles. The first-order chi connectivity index (χ1) is 9.31. The molecule has 0 aromatic heterocycles. The van der Waals surface area contributed by atoms with Crippen LogP contribution in [0.25, 0.3) is 0 Å². The molecule has 0 bridgehead atoms. The van der Waals surface area contributed by atoms with Crippen molar-refractivity contribution in [1.82, 2.24) is 9.80 Å². The minimum atomic E-state index is 0.441. The SMILES string of the molecule is NC1CN(C2CCN(CCc3ccccc3)CC2)C1. The van der Waals surface area contributed by atoms with Crippen LogP contribution in [0.2, 0.25) is 0 Å². The highest BCUT2D eigenvalue weighted by molar-refractivity contribution is 5.14. The van der Waals surface area contributed by atoms with Gasteiger partial charge in [-0.1, -0.05) is 30.3 Å². The molecule has 3 rings (SSSR count). The van der Waals surface area contributed by atoms with Crippen molar-refractivity contribution in [1.29, 1.82) is 0 Å².